The maximum absolute atomic E-state index is 11.8. The summed E-state index contributed by atoms with van der Waals surface area (Å²) in [5, 5.41) is 0.621. The molecule has 0 saturated heterocycles. The van der Waals surface area contributed by atoms with Crippen molar-refractivity contribution in [3.8, 4) is 0 Å². The van der Waals surface area contributed by atoms with Crippen molar-refractivity contribution >= 4 is 23.5 Å². The molecule has 0 aliphatic carbocycles. The fourth-order valence-corrected chi connectivity index (χ4v) is 1.47. The standard InChI is InChI=1S/C14H10ClNO/c15-12-6-4-11(5-7-12)14(17)9-8-13-3-1-2-10-16-13/h1-10H. The molecule has 2 aromatic rings. The lowest BCUT2D eigenvalue weighted by atomic mass is 10.1. The minimum atomic E-state index is -0.0627. The number of rotatable bonds is 3. The van der Waals surface area contributed by atoms with Gasteiger partial charge in [-0.3, -0.25) is 9.78 Å². The van der Waals surface area contributed by atoms with Gasteiger partial charge in [0.1, 0.15) is 0 Å². The van der Waals surface area contributed by atoms with Crippen LogP contribution in [-0.4, -0.2) is 10.8 Å². The summed E-state index contributed by atoms with van der Waals surface area (Å²) in [5.41, 5.74) is 1.37. The van der Waals surface area contributed by atoms with E-state index in [4.69, 9.17) is 11.6 Å². The molecule has 0 fully saturated rings. The van der Waals surface area contributed by atoms with Crippen LogP contribution in [0.1, 0.15) is 16.1 Å². The number of carbonyl (C=O) groups excluding carboxylic acids is 1. The van der Waals surface area contributed by atoms with Crippen molar-refractivity contribution in [2.75, 3.05) is 0 Å². The van der Waals surface area contributed by atoms with E-state index >= 15 is 0 Å². The predicted molar refractivity (Wildman–Crippen MR) is 69.1 cm³/mol. The molecule has 0 aliphatic heterocycles. The third-order valence-corrected chi connectivity index (χ3v) is 2.47. The van der Waals surface area contributed by atoms with Crippen molar-refractivity contribution in [3.05, 3.63) is 71.0 Å². The number of nitrogens with zero attached hydrogens (tertiary/aromatic N) is 1. The molecule has 2 rings (SSSR count). The molecule has 84 valence electrons. The Morgan fingerprint density at radius 3 is 2.53 bits per heavy atom. The Morgan fingerprint density at radius 2 is 1.88 bits per heavy atom. The molecular formula is C14H10ClNO. The Labute approximate surface area is 105 Å². The SMILES string of the molecule is O=C(C=Cc1ccccn1)c1ccc(Cl)cc1. The van der Waals surface area contributed by atoms with Crippen LogP contribution >= 0.6 is 11.6 Å². The zero-order valence-electron chi connectivity index (χ0n) is 9.01. The van der Waals surface area contributed by atoms with Gasteiger partial charge in [0.2, 0.25) is 0 Å². The second-order valence-electron chi connectivity index (χ2n) is 3.46. The van der Waals surface area contributed by atoms with Crippen LogP contribution in [0.5, 0.6) is 0 Å². The third kappa shape index (κ3) is 3.26. The van der Waals surface area contributed by atoms with E-state index in [0.717, 1.165) is 5.69 Å². The van der Waals surface area contributed by atoms with Gasteiger partial charge >= 0.3 is 0 Å². The zero-order chi connectivity index (χ0) is 12.1. The molecule has 0 unspecified atom stereocenters. The van der Waals surface area contributed by atoms with E-state index in [0.29, 0.717) is 10.6 Å². The Balaban J connectivity index is 2.12. The van der Waals surface area contributed by atoms with Gasteiger partial charge in [-0.1, -0.05) is 17.7 Å². The largest absolute Gasteiger partial charge is 0.289 e. The minimum Gasteiger partial charge on any atom is -0.289 e. The Hall–Kier alpha value is -1.93. The molecule has 0 bridgehead atoms. The number of halogens is 1. The summed E-state index contributed by atoms with van der Waals surface area (Å²) in [6.07, 6.45) is 4.88. The number of carbonyl (C=O) groups is 1. The number of benzene rings is 1. The van der Waals surface area contributed by atoms with Crippen LogP contribution in [0.3, 0.4) is 0 Å². The summed E-state index contributed by atoms with van der Waals surface area (Å²) >= 11 is 5.75. The van der Waals surface area contributed by atoms with Gasteiger partial charge in [-0.15, -0.1) is 0 Å². The van der Waals surface area contributed by atoms with Crippen LogP contribution in [0.25, 0.3) is 6.08 Å². The van der Waals surface area contributed by atoms with Gasteiger partial charge in [-0.25, -0.2) is 0 Å². The molecule has 0 N–H and O–H groups in total. The van der Waals surface area contributed by atoms with Gasteiger partial charge in [0, 0.05) is 16.8 Å². The van der Waals surface area contributed by atoms with Crippen molar-refractivity contribution in [1.82, 2.24) is 4.98 Å². The van der Waals surface area contributed by atoms with Crippen molar-refractivity contribution in [2.24, 2.45) is 0 Å². The fraction of sp³-hybridized carbons (Fsp3) is 0. The van der Waals surface area contributed by atoms with Gasteiger partial charge in [0.15, 0.2) is 5.78 Å². The smallest absolute Gasteiger partial charge is 0.185 e. The first-order chi connectivity index (χ1) is 8.25. The Morgan fingerprint density at radius 1 is 1.12 bits per heavy atom. The van der Waals surface area contributed by atoms with Crippen LogP contribution in [0.15, 0.2) is 54.7 Å². The van der Waals surface area contributed by atoms with Crippen LogP contribution in [-0.2, 0) is 0 Å². The molecule has 2 nitrogen and oxygen atoms in total. The van der Waals surface area contributed by atoms with E-state index < -0.39 is 0 Å². The number of hydrogen-bond acceptors (Lipinski definition) is 2. The average molecular weight is 244 g/mol. The lowest BCUT2D eigenvalue weighted by Gasteiger charge is -1.95. The third-order valence-electron chi connectivity index (χ3n) is 2.22. The lowest BCUT2D eigenvalue weighted by Crippen LogP contribution is -1.93. The Bertz CT molecular complexity index is 532. The lowest BCUT2D eigenvalue weighted by molar-refractivity contribution is 0.104. The molecule has 0 amide bonds. The van der Waals surface area contributed by atoms with E-state index in [9.17, 15) is 4.79 Å². The van der Waals surface area contributed by atoms with Crippen molar-refractivity contribution in [3.63, 3.8) is 0 Å². The molecule has 0 saturated carbocycles. The van der Waals surface area contributed by atoms with Gasteiger partial charge in [-0.05, 0) is 48.6 Å². The molecule has 1 aromatic carbocycles. The number of ketones is 1. The maximum Gasteiger partial charge on any atom is 0.185 e. The highest BCUT2D eigenvalue weighted by Gasteiger charge is 2.00. The van der Waals surface area contributed by atoms with Crippen LogP contribution in [0.4, 0.5) is 0 Å². The molecule has 0 aliphatic rings. The predicted octanol–water partition coefficient (Wildman–Crippen LogP) is 3.63. The van der Waals surface area contributed by atoms with E-state index in [1.807, 2.05) is 18.2 Å². The van der Waals surface area contributed by atoms with Crippen LogP contribution in [0.2, 0.25) is 5.02 Å². The summed E-state index contributed by atoms with van der Waals surface area (Å²) in [7, 11) is 0. The van der Waals surface area contributed by atoms with Crippen molar-refractivity contribution in [1.29, 1.82) is 0 Å². The first kappa shape index (κ1) is 11.6. The van der Waals surface area contributed by atoms with E-state index in [1.54, 1.807) is 36.5 Å². The van der Waals surface area contributed by atoms with Crippen LogP contribution in [0, 0.1) is 0 Å². The average Bonchev–Trinajstić information content (AvgIpc) is 2.38. The summed E-state index contributed by atoms with van der Waals surface area (Å²) in [6.45, 7) is 0. The highest BCUT2D eigenvalue weighted by molar-refractivity contribution is 6.30. The summed E-state index contributed by atoms with van der Waals surface area (Å²) in [5.74, 6) is -0.0627. The van der Waals surface area contributed by atoms with Crippen molar-refractivity contribution < 1.29 is 4.79 Å². The quantitative estimate of drug-likeness (QED) is 0.609. The monoisotopic (exact) mass is 243 g/mol. The highest BCUT2D eigenvalue weighted by atomic mass is 35.5. The molecule has 3 heteroatoms. The first-order valence-electron chi connectivity index (χ1n) is 5.15. The fourth-order valence-electron chi connectivity index (χ4n) is 1.35. The van der Waals surface area contributed by atoms with Gasteiger partial charge < -0.3 is 0 Å². The number of pyridine rings is 1. The first-order valence-corrected chi connectivity index (χ1v) is 5.52. The molecule has 0 atom stereocenters. The second kappa shape index (κ2) is 5.41. The van der Waals surface area contributed by atoms with Crippen LogP contribution < -0.4 is 0 Å². The highest BCUT2D eigenvalue weighted by Crippen LogP contribution is 2.10. The summed E-state index contributed by atoms with van der Waals surface area (Å²) < 4.78 is 0. The zero-order valence-corrected chi connectivity index (χ0v) is 9.76. The number of allylic oxidation sites excluding steroid dienone is 1. The van der Waals surface area contributed by atoms with E-state index in [-0.39, 0.29) is 5.78 Å². The van der Waals surface area contributed by atoms with Gasteiger partial charge in [-0.2, -0.15) is 0 Å². The topological polar surface area (TPSA) is 30.0 Å². The summed E-state index contributed by atoms with van der Waals surface area (Å²) in [6, 6.07) is 12.3. The molecular weight excluding hydrogens is 234 g/mol. The van der Waals surface area contributed by atoms with Gasteiger partial charge in [0.05, 0.1) is 5.69 Å². The molecule has 0 radical (unpaired) electrons. The van der Waals surface area contributed by atoms with E-state index in [2.05, 4.69) is 4.98 Å². The number of hydrogen-bond donors (Lipinski definition) is 0. The Kier molecular flexibility index (Phi) is 3.68. The normalized spacial score (nSPS) is 10.6. The van der Waals surface area contributed by atoms with E-state index in [1.165, 1.54) is 6.08 Å². The van der Waals surface area contributed by atoms with Gasteiger partial charge in [0.25, 0.3) is 0 Å². The minimum absolute atomic E-state index is 0.0627. The van der Waals surface area contributed by atoms with Crippen molar-refractivity contribution in [2.45, 2.75) is 0 Å². The second-order valence-corrected chi connectivity index (χ2v) is 3.90. The summed E-state index contributed by atoms with van der Waals surface area (Å²) in [4.78, 5) is 15.9. The molecule has 0 spiro atoms. The molecule has 1 heterocycles. The maximum atomic E-state index is 11.8. The number of aromatic nitrogens is 1. The molecule has 17 heavy (non-hydrogen) atoms. The molecule has 1 aromatic heterocycles.